The summed E-state index contributed by atoms with van der Waals surface area (Å²) in [6.45, 7) is 0. The van der Waals surface area contributed by atoms with Crippen LogP contribution in [0.3, 0.4) is 0 Å². The molecule has 0 bridgehead atoms. The van der Waals surface area contributed by atoms with E-state index in [0.717, 1.165) is 37.7 Å². The lowest BCUT2D eigenvalue weighted by Crippen LogP contribution is -2.40. The second-order valence-electron chi connectivity index (χ2n) is 4.74. The molecule has 16 heavy (non-hydrogen) atoms. The minimum Gasteiger partial charge on any atom is -0.369 e. The van der Waals surface area contributed by atoms with Gasteiger partial charge in [-0.05, 0) is 30.9 Å². The Morgan fingerprint density at radius 1 is 1.38 bits per heavy atom. The highest BCUT2D eigenvalue weighted by Gasteiger charge is 2.37. The van der Waals surface area contributed by atoms with E-state index in [4.69, 9.17) is 5.73 Å². The molecule has 0 spiro atoms. The Bertz CT molecular complexity index is 355. The molecule has 0 aliphatic heterocycles. The molecular formula is C13H18N2O. The standard InChI is InChI=1S/C13H18N2O/c14-12(16)13(6-2-1-3-7-13)9-11-5-4-8-15-10-11/h4-5,8,10H,1-3,6-7,9H2,(H2,14,16). The smallest absolute Gasteiger partial charge is 0.223 e. The van der Waals surface area contributed by atoms with Crippen LogP contribution in [-0.4, -0.2) is 10.9 Å². The summed E-state index contributed by atoms with van der Waals surface area (Å²) in [5.74, 6) is -0.143. The van der Waals surface area contributed by atoms with Crippen LogP contribution in [0.15, 0.2) is 24.5 Å². The second-order valence-corrected chi connectivity index (χ2v) is 4.74. The number of aromatic nitrogens is 1. The Hall–Kier alpha value is -1.38. The van der Waals surface area contributed by atoms with Crippen molar-refractivity contribution >= 4 is 5.91 Å². The van der Waals surface area contributed by atoms with Crippen LogP contribution >= 0.6 is 0 Å². The average Bonchev–Trinajstić information content (AvgIpc) is 2.31. The van der Waals surface area contributed by atoms with E-state index in [0.29, 0.717) is 0 Å². The normalized spacial score (nSPS) is 19.2. The van der Waals surface area contributed by atoms with Crippen LogP contribution in [-0.2, 0) is 11.2 Å². The molecule has 1 aliphatic rings. The molecule has 86 valence electrons. The van der Waals surface area contributed by atoms with E-state index < -0.39 is 0 Å². The maximum Gasteiger partial charge on any atom is 0.223 e. The third kappa shape index (κ3) is 2.23. The Kier molecular flexibility index (Phi) is 3.22. The van der Waals surface area contributed by atoms with Crippen molar-refractivity contribution in [2.75, 3.05) is 0 Å². The van der Waals surface area contributed by atoms with Crippen LogP contribution in [0.5, 0.6) is 0 Å². The summed E-state index contributed by atoms with van der Waals surface area (Å²) in [6, 6.07) is 3.93. The topological polar surface area (TPSA) is 56.0 Å². The molecule has 3 nitrogen and oxygen atoms in total. The number of carbonyl (C=O) groups is 1. The van der Waals surface area contributed by atoms with Gasteiger partial charge < -0.3 is 5.73 Å². The van der Waals surface area contributed by atoms with Gasteiger partial charge in [-0.3, -0.25) is 9.78 Å². The first-order valence-electron chi connectivity index (χ1n) is 5.92. The van der Waals surface area contributed by atoms with Gasteiger partial charge in [0.1, 0.15) is 0 Å². The van der Waals surface area contributed by atoms with Crippen molar-refractivity contribution in [1.82, 2.24) is 4.98 Å². The number of amides is 1. The fourth-order valence-corrected chi connectivity index (χ4v) is 2.63. The van der Waals surface area contributed by atoms with Gasteiger partial charge in [-0.2, -0.15) is 0 Å². The van der Waals surface area contributed by atoms with Crippen LogP contribution in [0, 0.1) is 5.41 Å². The molecule has 1 fully saturated rings. The average molecular weight is 218 g/mol. The first-order valence-corrected chi connectivity index (χ1v) is 5.92. The van der Waals surface area contributed by atoms with Gasteiger partial charge in [0.05, 0.1) is 5.41 Å². The third-order valence-corrected chi connectivity index (χ3v) is 3.60. The van der Waals surface area contributed by atoms with Gasteiger partial charge in [0.25, 0.3) is 0 Å². The quantitative estimate of drug-likeness (QED) is 0.844. The van der Waals surface area contributed by atoms with Crippen molar-refractivity contribution in [2.45, 2.75) is 38.5 Å². The fraction of sp³-hybridized carbons (Fsp3) is 0.538. The van der Waals surface area contributed by atoms with Gasteiger partial charge >= 0.3 is 0 Å². The van der Waals surface area contributed by atoms with E-state index >= 15 is 0 Å². The summed E-state index contributed by atoms with van der Waals surface area (Å²) < 4.78 is 0. The molecule has 1 aromatic heterocycles. The van der Waals surface area contributed by atoms with E-state index in [2.05, 4.69) is 4.98 Å². The van der Waals surface area contributed by atoms with Crippen LogP contribution in [0.4, 0.5) is 0 Å². The Balaban J connectivity index is 2.17. The summed E-state index contributed by atoms with van der Waals surface area (Å²) in [4.78, 5) is 15.8. The fourth-order valence-electron chi connectivity index (χ4n) is 2.63. The minimum absolute atomic E-state index is 0.143. The highest BCUT2D eigenvalue weighted by atomic mass is 16.1. The summed E-state index contributed by atoms with van der Waals surface area (Å²) in [6.07, 6.45) is 9.64. The Labute approximate surface area is 96.1 Å². The van der Waals surface area contributed by atoms with E-state index in [-0.39, 0.29) is 11.3 Å². The molecule has 0 saturated heterocycles. The van der Waals surface area contributed by atoms with Crippen LogP contribution in [0.25, 0.3) is 0 Å². The summed E-state index contributed by atoms with van der Waals surface area (Å²) in [7, 11) is 0. The monoisotopic (exact) mass is 218 g/mol. The minimum atomic E-state index is -0.318. The number of nitrogens with two attached hydrogens (primary N) is 1. The number of pyridine rings is 1. The second kappa shape index (κ2) is 4.64. The predicted molar refractivity (Wildman–Crippen MR) is 62.7 cm³/mol. The SMILES string of the molecule is NC(=O)C1(Cc2cccnc2)CCCCC1. The number of nitrogens with zero attached hydrogens (tertiary/aromatic N) is 1. The first kappa shape index (κ1) is 11.1. The van der Waals surface area contributed by atoms with E-state index in [1.54, 1.807) is 6.20 Å². The maximum absolute atomic E-state index is 11.7. The van der Waals surface area contributed by atoms with E-state index in [1.807, 2.05) is 18.3 Å². The van der Waals surface area contributed by atoms with Crippen LogP contribution in [0.2, 0.25) is 0 Å². The zero-order valence-corrected chi connectivity index (χ0v) is 9.48. The third-order valence-electron chi connectivity index (χ3n) is 3.60. The molecule has 1 saturated carbocycles. The molecule has 2 N–H and O–H groups in total. The lowest BCUT2D eigenvalue weighted by Gasteiger charge is -2.34. The number of hydrogen-bond donors (Lipinski definition) is 1. The molecule has 1 heterocycles. The lowest BCUT2D eigenvalue weighted by atomic mass is 9.70. The van der Waals surface area contributed by atoms with Crippen LogP contribution < -0.4 is 5.73 Å². The largest absolute Gasteiger partial charge is 0.369 e. The van der Waals surface area contributed by atoms with Gasteiger partial charge in [0.15, 0.2) is 0 Å². The van der Waals surface area contributed by atoms with Gasteiger partial charge in [-0.1, -0.05) is 25.3 Å². The molecule has 0 atom stereocenters. The van der Waals surface area contributed by atoms with E-state index in [9.17, 15) is 4.79 Å². The molecule has 0 unspecified atom stereocenters. The molecule has 1 amide bonds. The van der Waals surface area contributed by atoms with Crippen molar-refractivity contribution < 1.29 is 4.79 Å². The van der Waals surface area contributed by atoms with Gasteiger partial charge in [0, 0.05) is 12.4 Å². The van der Waals surface area contributed by atoms with Gasteiger partial charge in [-0.25, -0.2) is 0 Å². The highest BCUT2D eigenvalue weighted by Crippen LogP contribution is 2.38. The Morgan fingerprint density at radius 2 is 2.12 bits per heavy atom. The maximum atomic E-state index is 11.7. The molecular weight excluding hydrogens is 200 g/mol. The van der Waals surface area contributed by atoms with Crippen molar-refractivity contribution in [3.8, 4) is 0 Å². The van der Waals surface area contributed by atoms with E-state index in [1.165, 1.54) is 6.42 Å². The Morgan fingerprint density at radius 3 is 2.69 bits per heavy atom. The molecule has 1 aliphatic carbocycles. The summed E-state index contributed by atoms with van der Waals surface area (Å²) >= 11 is 0. The zero-order valence-electron chi connectivity index (χ0n) is 9.48. The zero-order chi connectivity index (χ0) is 11.4. The molecule has 3 heteroatoms. The van der Waals surface area contributed by atoms with Crippen molar-refractivity contribution in [3.05, 3.63) is 30.1 Å². The number of rotatable bonds is 3. The van der Waals surface area contributed by atoms with Gasteiger partial charge in [-0.15, -0.1) is 0 Å². The summed E-state index contributed by atoms with van der Waals surface area (Å²) in [5, 5.41) is 0. The summed E-state index contributed by atoms with van der Waals surface area (Å²) in [5.41, 5.74) is 6.39. The van der Waals surface area contributed by atoms with Gasteiger partial charge in [0.2, 0.25) is 5.91 Å². The number of primary amides is 1. The van der Waals surface area contributed by atoms with Crippen molar-refractivity contribution in [1.29, 1.82) is 0 Å². The molecule has 2 rings (SSSR count). The number of carbonyl (C=O) groups excluding carboxylic acids is 1. The molecule has 1 aromatic rings. The lowest BCUT2D eigenvalue weighted by molar-refractivity contribution is -0.129. The van der Waals surface area contributed by atoms with Crippen molar-refractivity contribution in [3.63, 3.8) is 0 Å². The molecule has 0 aromatic carbocycles. The predicted octanol–water partition coefficient (Wildman–Crippen LogP) is 2.06. The highest BCUT2D eigenvalue weighted by molar-refractivity contribution is 5.81. The number of hydrogen-bond acceptors (Lipinski definition) is 2. The molecule has 0 radical (unpaired) electrons. The van der Waals surface area contributed by atoms with Crippen LogP contribution in [0.1, 0.15) is 37.7 Å². The first-order chi connectivity index (χ1) is 7.73. The van der Waals surface area contributed by atoms with Crippen molar-refractivity contribution in [2.24, 2.45) is 11.1 Å².